The molecule has 3 N–H and O–H groups in total. The minimum absolute atomic E-state index is 0.0770. The quantitative estimate of drug-likeness (QED) is 0.383. The summed E-state index contributed by atoms with van der Waals surface area (Å²) in [6, 6.07) is 0.214. The number of hydrogen-bond donors (Lipinski definition) is 2. The first-order valence-electron chi connectivity index (χ1n) is 4.74. The topological polar surface area (TPSA) is 58.4 Å². The number of carbonyl (C=O) groups is 1. The average Bonchev–Trinajstić information content (AvgIpc) is 2.22. The molecule has 0 fully saturated rings. The molecular weight excluding hydrogens is 198 g/mol. The van der Waals surface area contributed by atoms with Crippen LogP contribution in [0.15, 0.2) is 0 Å². The fourth-order valence-electron chi connectivity index (χ4n) is 1.17. The van der Waals surface area contributed by atoms with Crippen molar-refractivity contribution in [1.82, 2.24) is 10.3 Å². The van der Waals surface area contributed by atoms with Gasteiger partial charge in [-0.1, -0.05) is 6.92 Å². The lowest BCUT2D eigenvalue weighted by molar-refractivity contribution is -0.126. The van der Waals surface area contributed by atoms with E-state index in [9.17, 15) is 4.79 Å². The Morgan fingerprint density at radius 3 is 2.57 bits per heavy atom. The summed E-state index contributed by atoms with van der Waals surface area (Å²) in [5, 5.41) is 0. The maximum absolute atomic E-state index is 11.3. The zero-order chi connectivity index (χ0) is 11.1. The summed E-state index contributed by atoms with van der Waals surface area (Å²) >= 11 is 1.81. The first kappa shape index (κ1) is 13.7. The second kappa shape index (κ2) is 7.09. The summed E-state index contributed by atoms with van der Waals surface area (Å²) in [4.78, 5) is 13.4. The molecular formula is C9H21N3OS. The molecule has 0 saturated heterocycles. The molecule has 0 aliphatic rings. The second-order valence-corrected chi connectivity index (χ2v) is 4.50. The highest BCUT2D eigenvalue weighted by atomic mass is 32.2. The van der Waals surface area contributed by atoms with Gasteiger partial charge in [-0.2, -0.15) is 11.8 Å². The Kier molecular flexibility index (Phi) is 6.96. The third kappa shape index (κ3) is 4.30. The highest BCUT2D eigenvalue weighted by Gasteiger charge is 2.22. The molecule has 0 radical (unpaired) electrons. The van der Waals surface area contributed by atoms with E-state index in [1.807, 2.05) is 20.9 Å². The van der Waals surface area contributed by atoms with Crippen LogP contribution in [0.5, 0.6) is 0 Å². The predicted octanol–water partition coefficient (Wildman–Crippen LogP) is 0.296. The Labute approximate surface area is 90.6 Å². The van der Waals surface area contributed by atoms with Crippen molar-refractivity contribution in [3.63, 3.8) is 0 Å². The van der Waals surface area contributed by atoms with E-state index in [2.05, 4.69) is 16.6 Å². The Hall–Kier alpha value is -0.260. The maximum Gasteiger partial charge on any atom is 0.238 e. The number of carbonyl (C=O) groups excluding carboxylic acids is 1. The van der Waals surface area contributed by atoms with Crippen LogP contribution < -0.4 is 11.3 Å². The minimum Gasteiger partial charge on any atom is -0.302 e. The Bertz CT molecular complexity index is 177. The molecule has 0 aliphatic heterocycles. The van der Waals surface area contributed by atoms with Gasteiger partial charge in [0.2, 0.25) is 5.91 Å². The SMILES string of the molecule is CSCCN(C)C(C)C(C)C(=O)NN. The monoisotopic (exact) mass is 219 g/mol. The number of hydrazine groups is 1. The largest absolute Gasteiger partial charge is 0.302 e. The van der Waals surface area contributed by atoms with Gasteiger partial charge in [-0.15, -0.1) is 0 Å². The second-order valence-electron chi connectivity index (χ2n) is 3.51. The third-order valence-corrected chi connectivity index (χ3v) is 3.21. The van der Waals surface area contributed by atoms with Gasteiger partial charge in [0.1, 0.15) is 0 Å². The normalized spacial score (nSPS) is 15.3. The molecule has 14 heavy (non-hydrogen) atoms. The van der Waals surface area contributed by atoms with Crippen molar-refractivity contribution in [2.75, 3.05) is 25.6 Å². The van der Waals surface area contributed by atoms with Crippen LogP contribution in [-0.4, -0.2) is 42.4 Å². The van der Waals surface area contributed by atoms with E-state index in [0.29, 0.717) is 0 Å². The third-order valence-electron chi connectivity index (χ3n) is 2.62. The minimum atomic E-state index is -0.103. The number of nitrogens with two attached hydrogens (primary N) is 1. The summed E-state index contributed by atoms with van der Waals surface area (Å²) in [6.45, 7) is 4.92. The van der Waals surface area contributed by atoms with Crippen molar-refractivity contribution in [3.8, 4) is 0 Å². The number of amides is 1. The highest BCUT2D eigenvalue weighted by molar-refractivity contribution is 7.98. The molecule has 0 aromatic heterocycles. The molecule has 0 aliphatic carbocycles. The van der Waals surface area contributed by atoms with Crippen LogP contribution in [0.25, 0.3) is 0 Å². The molecule has 84 valence electrons. The van der Waals surface area contributed by atoms with Crippen molar-refractivity contribution in [2.45, 2.75) is 19.9 Å². The van der Waals surface area contributed by atoms with Gasteiger partial charge < -0.3 is 4.90 Å². The number of nitrogens with one attached hydrogen (secondary N) is 1. The van der Waals surface area contributed by atoms with Crippen LogP contribution in [-0.2, 0) is 4.79 Å². The van der Waals surface area contributed by atoms with Crippen molar-refractivity contribution >= 4 is 17.7 Å². The first-order valence-corrected chi connectivity index (χ1v) is 6.13. The first-order chi connectivity index (χ1) is 6.54. The Balaban J connectivity index is 4.02. The summed E-state index contributed by atoms with van der Waals surface area (Å²) in [7, 11) is 2.03. The van der Waals surface area contributed by atoms with E-state index in [4.69, 9.17) is 5.84 Å². The standard InChI is InChI=1S/C9H21N3OS/c1-7(9(13)11-10)8(2)12(3)5-6-14-4/h7-8H,5-6,10H2,1-4H3,(H,11,13). The molecule has 2 atom stereocenters. The van der Waals surface area contributed by atoms with Crippen molar-refractivity contribution in [3.05, 3.63) is 0 Å². The van der Waals surface area contributed by atoms with Gasteiger partial charge >= 0.3 is 0 Å². The molecule has 0 aromatic rings. The molecule has 0 saturated carbocycles. The van der Waals surface area contributed by atoms with Crippen molar-refractivity contribution < 1.29 is 4.79 Å². The molecule has 0 bridgehead atoms. The summed E-state index contributed by atoms with van der Waals surface area (Å²) < 4.78 is 0. The Morgan fingerprint density at radius 1 is 1.57 bits per heavy atom. The van der Waals surface area contributed by atoms with Crippen LogP contribution in [0.3, 0.4) is 0 Å². The smallest absolute Gasteiger partial charge is 0.238 e. The number of rotatable bonds is 6. The predicted molar refractivity (Wildman–Crippen MR) is 62.0 cm³/mol. The summed E-state index contributed by atoms with van der Waals surface area (Å²) in [5.41, 5.74) is 2.19. The number of hydrogen-bond acceptors (Lipinski definition) is 4. The van der Waals surface area contributed by atoms with E-state index >= 15 is 0 Å². The molecule has 0 heterocycles. The van der Waals surface area contributed by atoms with E-state index in [0.717, 1.165) is 12.3 Å². The fourth-order valence-corrected chi connectivity index (χ4v) is 1.64. The van der Waals surface area contributed by atoms with Gasteiger partial charge in [-0.3, -0.25) is 10.2 Å². The lowest BCUT2D eigenvalue weighted by atomic mass is 10.0. The van der Waals surface area contributed by atoms with Crippen molar-refractivity contribution in [1.29, 1.82) is 0 Å². The number of nitrogens with zero attached hydrogens (tertiary/aromatic N) is 1. The Morgan fingerprint density at radius 2 is 2.14 bits per heavy atom. The van der Waals surface area contributed by atoms with Crippen LogP contribution in [0.4, 0.5) is 0 Å². The van der Waals surface area contributed by atoms with Gasteiger partial charge in [0, 0.05) is 18.3 Å². The molecule has 0 spiro atoms. The zero-order valence-electron chi connectivity index (χ0n) is 9.41. The summed E-state index contributed by atoms with van der Waals surface area (Å²) in [6.07, 6.45) is 2.08. The van der Waals surface area contributed by atoms with Crippen molar-refractivity contribution in [2.24, 2.45) is 11.8 Å². The van der Waals surface area contributed by atoms with E-state index < -0.39 is 0 Å². The van der Waals surface area contributed by atoms with E-state index in [1.165, 1.54) is 0 Å². The van der Waals surface area contributed by atoms with Gasteiger partial charge in [-0.05, 0) is 20.2 Å². The van der Waals surface area contributed by atoms with Crippen LogP contribution in [0.1, 0.15) is 13.8 Å². The van der Waals surface area contributed by atoms with Crippen LogP contribution in [0, 0.1) is 5.92 Å². The molecule has 0 rings (SSSR count). The molecule has 4 nitrogen and oxygen atoms in total. The van der Waals surface area contributed by atoms with Gasteiger partial charge in [-0.25, -0.2) is 5.84 Å². The van der Waals surface area contributed by atoms with Gasteiger partial charge in [0.05, 0.1) is 5.92 Å². The molecule has 2 unspecified atom stereocenters. The maximum atomic E-state index is 11.3. The lowest BCUT2D eigenvalue weighted by Gasteiger charge is -2.28. The van der Waals surface area contributed by atoms with Crippen LogP contribution in [0.2, 0.25) is 0 Å². The molecule has 5 heteroatoms. The van der Waals surface area contributed by atoms with Gasteiger partial charge in [0.15, 0.2) is 0 Å². The summed E-state index contributed by atoms with van der Waals surface area (Å²) in [5.74, 6) is 5.99. The highest BCUT2D eigenvalue weighted by Crippen LogP contribution is 2.09. The van der Waals surface area contributed by atoms with Gasteiger partial charge in [0.25, 0.3) is 0 Å². The fraction of sp³-hybridized carbons (Fsp3) is 0.889. The zero-order valence-corrected chi connectivity index (χ0v) is 10.2. The number of thioether (sulfide) groups is 1. The van der Waals surface area contributed by atoms with Crippen LogP contribution >= 0.6 is 11.8 Å². The average molecular weight is 219 g/mol. The molecule has 0 aromatic carbocycles. The molecule has 1 amide bonds. The lowest BCUT2D eigenvalue weighted by Crippen LogP contribution is -2.45. The van der Waals surface area contributed by atoms with E-state index in [-0.39, 0.29) is 17.9 Å². The van der Waals surface area contributed by atoms with E-state index in [1.54, 1.807) is 11.8 Å².